The summed E-state index contributed by atoms with van der Waals surface area (Å²) in [5.74, 6) is 0.0838. The van der Waals surface area contributed by atoms with Gasteiger partial charge in [0.25, 0.3) is 0 Å². The maximum Gasteiger partial charge on any atom is 0.193 e. The molecular weight excluding hydrogens is 232 g/mol. The molecule has 1 nitrogen and oxygen atoms in total. The van der Waals surface area contributed by atoms with Crippen LogP contribution in [0.1, 0.15) is 21.5 Å². The number of fused-ring (bicyclic) bond motifs is 1. The summed E-state index contributed by atoms with van der Waals surface area (Å²) in [5.41, 5.74) is 2.62. The fourth-order valence-electron chi connectivity index (χ4n) is 2.39. The monoisotopic (exact) mass is 246 g/mol. The summed E-state index contributed by atoms with van der Waals surface area (Å²) in [6.07, 6.45) is 0. The predicted octanol–water partition coefficient (Wildman–Crippen LogP) is 4.38. The van der Waals surface area contributed by atoms with Gasteiger partial charge in [0.15, 0.2) is 5.78 Å². The molecule has 0 aliphatic carbocycles. The zero-order valence-corrected chi connectivity index (χ0v) is 10.8. The van der Waals surface area contributed by atoms with Crippen LogP contribution in [0.4, 0.5) is 0 Å². The van der Waals surface area contributed by atoms with E-state index in [4.69, 9.17) is 0 Å². The fourth-order valence-corrected chi connectivity index (χ4v) is 2.39. The SMILES string of the molecule is Cc1cc(C(=O)c2ccccc2)c2ccccc2c1. The summed E-state index contributed by atoms with van der Waals surface area (Å²) < 4.78 is 0. The molecule has 0 atom stereocenters. The number of aryl methyl sites for hydroxylation is 1. The Morgan fingerprint density at radius 3 is 2.32 bits per heavy atom. The van der Waals surface area contributed by atoms with Crippen LogP contribution in [0.3, 0.4) is 0 Å². The van der Waals surface area contributed by atoms with Gasteiger partial charge in [-0.2, -0.15) is 0 Å². The standard InChI is InChI=1S/C18H14O/c1-13-11-15-9-5-6-10-16(15)17(12-13)18(19)14-7-3-2-4-8-14/h2-12H,1H3. The quantitative estimate of drug-likeness (QED) is 0.613. The minimum atomic E-state index is 0.0838. The van der Waals surface area contributed by atoms with E-state index in [-0.39, 0.29) is 5.78 Å². The highest BCUT2D eigenvalue weighted by molar-refractivity contribution is 6.16. The summed E-state index contributed by atoms with van der Waals surface area (Å²) >= 11 is 0. The maximum absolute atomic E-state index is 12.6. The molecule has 0 aromatic heterocycles. The lowest BCUT2D eigenvalue weighted by Gasteiger charge is -2.07. The van der Waals surface area contributed by atoms with Gasteiger partial charge >= 0.3 is 0 Å². The topological polar surface area (TPSA) is 17.1 Å². The second-order valence-corrected chi connectivity index (χ2v) is 4.73. The number of benzene rings is 3. The third kappa shape index (κ3) is 2.15. The molecule has 3 rings (SSSR count). The van der Waals surface area contributed by atoms with Gasteiger partial charge in [-0.1, -0.05) is 60.7 Å². The van der Waals surface area contributed by atoms with Crippen molar-refractivity contribution in [2.24, 2.45) is 0 Å². The van der Waals surface area contributed by atoms with Crippen LogP contribution in [-0.2, 0) is 0 Å². The van der Waals surface area contributed by atoms with Gasteiger partial charge in [0.2, 0.25) is 0 Å². The van der Waals surface area contributed by atoms with Gasteiger partial charge in [0, 0.05) is 11.1 Å². The van der Waals surface area contributed by atoms with E-state index in [9.17, 15) is 4.79 Å². The van der Waals surface area contributed by atoms with Crippen LogP contribution in [0.15, 0.2) is 66.7 Å². The Morgan fingerprint density at radius 2 is 1.53 bits per heavy atom. The molecule has 0 unspecified atom stereocenters. The minimum absolute atomic E-state index is 0.0838. The van der Waals surface area contributed by atoms with Crippen molar-refractivity contribution in [3.63, 3.8) is 0 Å². The van der Waals surface area contributed by atoms with Crippen LogP contribution in [0.5, 0.6) is 0 Å². The molecule has 19 heavy (non-hydrogen) atoms. The molecule has 0 aliphatic rings. The molecule has 0 saturated heterocycles. The van der Waals surface area contributed by atoms with Crippen molar-refractivity contribution in [2.75, 3.05) is 0 Å². The summed E-state index contributed by atoms with van der Waals surface area (Å²) in [5, 5.41) is 2.13. The highest BCUT2D eigenvalue weighted by Gasteiger charge is 2.12. The molecule has 0 bridgehead atoms. The molecule has 1 heteroatoms. The fraction of sp³-hybridized carbons (Fsp3) is 0.0556. The van der Waals surface area contributed by atoms with Crippen LogP contribution in [0.2, 0.25) is 0 Å². The first-order valence-corrected chi connectivity index (χ1v) is 6.35. The molecular formula is C18H14O. The third-order valence-corrected chi connectivity index (χ3v) is 3.29. The van der Waals surface area contributed by atoms with Gasteiger partial charge in [0.05, 0.1) is 0 Å². The van der Waals surface area contributed by atoms with Crippen molar-refractivity contribution in [1.29, 1.82) is 0 Å². The zero-order valence-electron chi connectivity index (χ0n) is 10.8. The normalized spacial score (nSPS) is 10.6. The van der Waals surface area contributed by atoms with Gasteiger partial charge in [-0.05, 0) is 29.3 Å². The molecule has 3 aromatic rings. The van der Waals surface area contributed by atoms with Gasteiger partial charge in [0.1, 0.15) is 0 Å². The van der Waals surface area contributed by atoms with E-state index in [1.807, 2.05) is 67.6 Å². The highest BCUT2D eigenvalue weighted by atomic mass is 16.1. The first-order chi connectivity index (χ1) is 9.25. The van der Waals surface area contributed by atoms with E-state index >= 15 is 0 Å². The van der Waals surface area contributed by atoms with E-state index < -0.39 is 0 Å². The van der Waals surface area contributed by atoms with Crippen molar-refractivity contribution in [3.8, 4) is 0 Å². The number of hydrogen-bond donors (Lipinski definition) is 0. The molecule has 0 radical (unpaired) electrons. The van der Waals surface area contributed by atoms with Gasteiger partial charge in [-0.25, -0.2) is 0 Å². The molecule has 0 fully saturated rings. The maximum atomic E-state index is 12.6. The van der Waals surface area contributed by atoms with Crippen molar-refractivity contribution < 1.29 is 4.79 Å². The largest absolute Gasteiger partial charge is 0.289 e. The van der Waals surface area contributed by atoms with Gasteiger partial charge < -0.3 is 0 Å². The predicted molar refractivity (Wildman–Crippen MR) is 78.6 cm³/mol. The lowest BCUT2D eigenvalue weighted by molar-refractivity contribution is 0.104. The van der Waals surface area contributed by atoms with Crippen molar-refractivity contribution in [3.05, 3.63) is 83.4 Å². The molecule has 0 N–H and O–H groups in total. The summed E-state index contributed by atoms with van der Waals surface area (Å²) in [6.45, 7) is 2.02. The minimum Gasteiger partial charge on any atom is -0.289 e. The lowest BCUT2D eigenvalue weighted by atomic mass is 9.95. The van der Waals surface area contributed by atoms with Crippen LogP contribution >= 0.6 is 0 Å². The Morgan fingerprint density at radius 1 is 0.842 bits per heavy atom. The molecule has 0 heterocycles. The highest BCUT2D eigenvalue weighted by Crippen LogP contribution is 2.23. The molecule has 0 amide bonds. The van der Waals surface area contributed by atoms with E-state index in [0.29, 0.717) is 0 Å². The molecule has 0 aliphatic heterocycles. The van der Waals surface area contributed by atoms with E-state index in [0.717, 1.165) is 27.5 Å². The number of ketones is 1. The Bertz CT molecular complexity index is 742. The van der Waals surface area contributed by atoms with E-state index in [2.05, 4.69) is 6.07 Å². The second-order valence-electron chi connectivity index (χ2n) is 4.73. The number of carbonyl (C=O) groups excluding carboxylic acids is 1. The van der Waals surface area contributed by atoms with Gasteiger partial charge in [-0.15, -0.1) is 0 Å². The number of carbonyl (C=O) groups is 1. The molecule has 92 valence electrons. The Hall–Kier alpha value is -2.41. The summed E-state index contributed by atoms with van der Waals surface area (Å²) in [7, 11) is 0. The molecule has 0 saturated carbocycles. The summed E-state index contributed by atoms with van der Waals surface area (Å²) in [6, 6.07) is 21.5. The average Bonchev–Trinajstić information content (AvgIpc) is 2.46. The van der Waals surface area contributed by atoms with Crippen LogP contribution in [-0.4, -0.2) is 5.78 Å². The first-order valence-electron chi connectivity index (χ1n) is 6.35. The smallest absolute Gasteiger partial charge is 0.193 e. The Labute approximate surface area is 112 Å². The molecule has 0 spiro atoms. The van der Waals surface area contributed by atoms with Crippen LogP contribution in [0.25, 0.3) is 10.8 Å². The summed E-state index contributed by atoms with van der Waals surface area (Å²) in [4.78, 5) is 12.6. The second kappa shape index (κ2) is 4.69. The van der Waals surface area contributed by atoms with Gasteiger partial charge in [-0.3, -0.25) is 4.79 Å². The first kappa shape index (κ1) is 11.7. The van der Waals surface area contributed by atoms with Crippen LogP contribution < -0.4 is 0 Å². The van der Waals surface area contributed by atoms with Crippen molar-refractivity contribution >= 4 is 16.6 Å². The van der Waals surface area contributed by atoms with Crippen molar-refractivity contribution in [1.82, 2.24) is 0 Å². The van der Waals surface area contributed by atoms with E-state index in [1.165, 1.54) is 0 Å². The number of rotatable bonds is 2. The Balaban J connectivity index is 2.23. The van der Waals surface area contributed by atoms with Crippen LogP contribution in [0, 0.1) is 6.92 Å². The Kier molecular flexibility index (Phi) is 2.88. The lowest BCUT2D eigenvalue weighted by Crippen LogP contribution is -2.02. The number of hydrogen-bond acceptors (Lipinski definition) is 1. The molecule has 3 aromatic carbocycles. The zero-order chi connectivity index (χ0) is 13.2. The average molecular weight is 246 g/mol. The van der Waals surface area contributed by atoms with E-state index in [1.54, 1.807) is 0 Å². The third-order valence-electron chi connectivity index (χ3n) is 3.29. The van der Waals surface area contributed by atoms with Crippen molar-refractivity contribution in [2.45, 2.75) is 6.92 Å².